The molecule has 0 N–H and O–H groups in total. The molecule has 1 aromatic carbocycles. The predicted molar refractivity (Wildman–Crippen MR) is 83.8 cm³/mol. The molecule has 0 saturated heterocycles. The largest absolute Gasteiger partial charge is 0.103 e. The molecular formula is C15H18S2. The van der Waals surface area contributed by atoms with Crippen LogP contribution in [0.1, 0.15) is 26.3 Å². The van der Waals surface area contributed by atoms with Gasteiger partial charge in [-0.15, -0.1) is 11.8 Å². The Labute approximate surface area is 114 Å². The molecule has 0 aromatic heterocycles. The van der Waals surface area contributed by atoms with Crippen molar-refractivity contribution in [3.8, 4) is 0 Å². The Balaban J connectivity index is 2.85. The first-order valence-corrected chi connectivity index (χ1v) is 6.81. The minimum Gasteiger partial charge on any atom is -0.103 e. The quantitative estimate of drug-likeness (QED) is 0.553. The van der Waals surface area contributed by atoms with Crippen molar-refractivity contribution in [3.05, 3.63) is 60.2 Å². The van der Waals surface area contributed by atoms with Gasteiger partial charge in [-0.1, -0.05) is 61.3 Å². The molecule has 2 heteroatoms. The first-order chi connectivity index (χ1) is 8.01. The summed E-state index contributed by atoms with van der Waals surface area (Å²) in [6.07, 6.45) is 3.99. The van der Waals surface area contributed by atoms with E-state index in [0.717, 1.165) is 9.76 Å². The van der Waals surface area contributed by atoms with Crippen LogP contribution in [0, 0.1) is 0 Å². The number of thiocarbonyl (C=S) groups is 1. The maximum Gasteiger partial charge on any atom is 0.0786 e. The summed E-state index contributed by atoms with van der Waals surface area (Å²) < 4.78 is 0.889. The van der Waals surface area contributed by atoms with E-state index in [1.165, 1.54) is 5.57 Å². The van der Waals surface area contributed by atoms with E-state index in [9.17, 15) is 0 Å². The van der Waals surface area contributed by atoms with E-state index in [-0.39, 0.29) is 4.75 Å². The van der Waals surface area contributed by atoms with Crippen LogP contribution in [-0.2, 0) is 0 Å². The highest BCUT2D eigenvalue weighted by Gasteiger charge is 2.23. The topological polar surface area (TPSA) is 0 Å². The molecule has 0 bridgehead atoms. The van der Waals surface area contributed by atoms with E-state index in [1.807, 2.05) is 31.2 Å². The van der Waals surface area contributed by atoms with E-state index < -0.39 is 0 Å². The second-order valence-electron chi connectivity index (χ2n) is 4.21. The van der Waals surface area contributed by atoms with Gasteiger partial charge in [0.25, 0.3) is 0 Å². The molecule has 0 saturated carbocycles. The first kappa shape index (κ1) is 14.2. The Hall–Kier alpha value is -0.860. The molecule has 0 heterocycles. The first-order valence-electron chi connectivity index (χ1n) is 5.59. The zero-order valence-electron chi connectivity index (χ0n) is 10.6. The van der Waals surface area contributed by atoms with Crippen LogP contribution in [0.5, 0.6) is 0 Å². The average Bonchev–Trinajstić information content (AvgIpc) is 2.30. The van der Waals surface area contributed by atoms with Crippen molar-refractivity contribution < 1.29 is 0 Å². The van der Waals surface area contributed by atoms with Gasteiger partial charge >= 0.3 is 0 Å². The van der Waals surface area contributed by atoms with Crippen molar-refractivity contribution in [1.29, 1.82) is 0 Å². The van der Waals surface area contributed by atoms with Crippen LogP contribution < -0.4 is 0 Å². The zero-order valence-corrected chi connectivity index (χ0v) is 12.2. The van der Waals surface area contributed by atoms with Crippen LogP contribution in [0.3, 0.4) is 0 Å². The second kappa shape index (κ2) is 6.18. The molecule has 0 aliphatic rings. The lowest BCUT2D eigenvalue weighted by Crippen LogP contribution is -2.19. The van der Waals surface area contributed by atoms with Crippen LogP contribution in [-0.4, -0.2) is 8.94 Å². The van der Waals surface area contributed by atoms with E-state index in [2.05, 4.69) is 38.6 Å². The van der Waals surface area contributed by atoms with Crippen molar-refractivity contribution in [2.45, 2.75) is 25.5 Å². The summed E-state index contributed by atoms with van der Waals surface area (Å²) in [6.45, 7) is 10.2. The fraction of sp³-hybridized carbons (Fsp3) is 0.267. The number of allylic oxidation sites excluding steroid dienone is 2. The van der Waals surface area contributed by atoms with Gasteiger partial charge in [0.1, 0.15) is 0 Å². The molecule has 0 aliphatic heterocycles. The van der Waals surface area contributed by atoms with Gasteiger partial charge in [0.05, 0.1) is 4.20 Å². The number of thioether (sulfide) groups is 1. The van der Waals surface area contributed by atoms with Gasteiger partial charge in [0.2, 0.25) is 0 Å². The molecule has 0 atom stereocenters. The van der Waals surface area contributed by atoms with Crippen LogP contribution >= 0.6 is 24.0 Å². The Morgan fingerprint density at radius 2 is 1.88 bits per heavy atom. The molecule has 0 radical (unpaired) electrons. The molecular weight excluding hydrogens is 244 g/mol. The molecule has 0 fully saturated rings. The van der Waals surface area contributed by atoms with E-state index >= 15 is 0 Å². The Kier molecular flexibility index (Phi) is 5.16. The average molecular weight is 262 g/mol. The van der Waals surface area contributed by atoms with Gasteiger partial charge in [-0.2, -0.15) is 0 Å². The lowest BCUT2D eigenvalue weighted by atomic mass is 10.0. The van der Waals surface area contributed by atoms with Gasteiger partial charge in [0, 0.05) is 4.75 Å². The maximum absolute atomic E-state index is 5.49. The van der Waals surface area contributed by atoms with E-state index in [4.69, 9.17) is 12.2 Å². The summed E-state index contributed by atoms with van der Waals surface area (Å²) in [7, 11) is 0. The van der Waals surface area contributed by atoms with Gasteiger partial charge in [-0.25, -0.2) is 0 Å². The molecule has 0 spiro atoms. The normalized spacial score (nSPS) is 12.3. The van der Waals surface area contributed by atoms with E-state index in [1.54, 1.807) is 11.8 Å². The van der Waals surface area contributed by atoms with Crippen molar-refractivity contribution in [1.82, 2.24) is 0 Å². The summed E-state index contributed by atoms with van der Waals surface area (Å²) in [5, 5.41) is 0. The maximum atomic E-state index is 5.49. The fourth-order valence-electron chi connectivity index (χ4n) is 1.64. The monoisotopic (exact) mass is 262 g/mol. The van der Waals surface area contributed by atoms with E-state index in [0.29, 0.717) is 0 Å². The highest BCUT2D eigenvalue weighted by Crippen LogP contribution is 2.35. The van der Waals surface area contributed by atoms with Gasteiger partial charge in [0.15, 0.2) is 0 Å². The summed E-state index contributed by atoms with van der Waals surface area (Å²) in [5.41, 5.74) is 2.32. The van der Waals surface area contributed by atoms with Crippen LogP contribution in [0.4, 0.5) is 0 Å². The molecule has 0 aliphatic carbocycles. The van der Waals surface area contributed by atoms with Crippen molar-refractivity contribution in [2.24, 2.45) is 0 Å². The highest BCUT2D eigenvalue weighted by molar-refractivity contribution is 8.24. The molecule has 90 valence electrons. The summed E-state index contributed by atoms with van der Waals surface area (Å²) in [6, 6.07) is 10.1. The standard InChI is InChI=1S/C15H18S2/c1-5-13(6-2)15(3,4)17-14(16)12-10-8-7-9-11-12/h5-11H,1H2,2-4H3/b13-6+. The Morgan fingerprint density at radius 1 is 1.29 bits per heavy atom. The third-order valence-electron chi connectivity index (χ3n) is 2.58. The smallest absolute Gasteiger partial charge is 0.0786 e. The highest BCUT2D eigenvalue weighted by atomic mass is 32.2. The minimum absolute atomic E-state index is 0.0383. The van der Waals surface area contributed by atoms with Crippen molar-refractivity contribution in [2.75, 3.05) is 0 Å². The summed E-state index contributed by atoms with van der Waals surface area (Å²) in [4.78, 5) is 0. The SMILES string of the molecule is C=C/C(=C\C)C(C)(C)SC(=S)c1ccccc1. The molecule has 17 heavy (non-hydrogen) atoms. The predicted octanol–water partition coefficient (Wildman–Crippen LogP) is 5.01. The Morgan fingerprint density at radius 3 is 2.35 bits per heavy atom. The molecule has 1 aromatic rings. The number of hydrogen-bond donors (Lipinski definition) is 0. The minimum atomic E-state index is -0.0383. The molecule has 0 amide bonds. The summed E-state index contributed by atoms with van der Waals surface area (Å²) >= 11 is 7.19. The zero-order chi connectivity index (χ0) is 12.9. The molecule has 1 rings (SSSR count). The number of hydrogen-bond acceptors (Lipinski definition) is 2. The number of rotatable bonds is 4. The summed E-state index contributed by atoms with van der Waals surface area (Å²) in [5.74, 6) is 0. The number of benzene rings is 1. The van der Waals surface area contributed by atoms with Crippen LogP contribution in [0.25, 0.3) is 0 Å². The second-order valence-corrected chi connectivity index (χ2v) is 6.51. The third-order valence-corrected chi connectivity index (χ3v) is 4.24. The van der Waals surface area contributed by atoms with Crippen LogP contribution in [0.15, 0.2) is 54.6 Å². The van der Waals surface area contributed by atoms with Crippen molar-refractivity contribution >= 4 is 28.2 Å². The molecule has 0 unspecified atom stereocenters. The molecule has 0 nitrogen and oxygen atoms in total. The lowest BCUT2D eigenvalue weighted by molar-refractivity contribution is 0.861. The van der Waals surface area contributed by atoms with Gasteiger partial charge in [-0.05, 0) is 31.9 Å². The van der Waals surface area contributed by atoms with Crippen LogP contribution in [0.2, 0.25) is 0 Å². The van der Waals surface area contributed by atoms with Gasteiger partial charge < -0.3 is 0 Å². The lowest BCUT2D eigenvalue weighted by Gasteiger charge is -2.25. The fourth-order valence-corrected chi connectivity index (χ4v) is 3.43. The third kappa shape index (κ3) is 3.83. The Bertz CT molecular complexity index is 427. The van der Waals surface area contributed by atoms with Crippen molar-refractivity contribution in [3.63, 3.8) is 0 Å². The van der Waals surface area contributed by atoms with Gasteiger partial charge in [-0.3, -0.25) is 0 Å².